The Balaban J connectivity index is 1.61. The van der Waals surface area contributed by atoms with E-state index < -0.39 is 10.2 Å². The first-order valence-electron chi connectivity index (χ1n) is 7.58. The maximum atomic E-state index is 12.1. The smallest absolute Gasteiger partial charge is 0.277 e. The number of aromatic nitrogens is 2. The minimum Gasteiger partial charge on any atom is -0.467 e. The highest BCUT2D eigenvalue weighted by Crippen LogP contribution is 2.27. The lowest BCUT2D eigenvalue weighted by molar-refractivity contribution is -0.384. The monoisotopic (exact) mass is 374 g/mol. The molecule has 26 heavy (non-hydrogen) atoms. The van der Waals surface area contributed by atoms with Gasteiger partial charge in [-0.05, 0) is 25.1 Å². The van der Waals surface area contributed by atoms with Gasteiger partial charge in [-0.25, -0.2) is 0 Å². The first-order chi connectivity index (χ1) is 12.5. The Morgan fingerprint density at radius 2 is 2.19 bits per heavy atom. The Hall–Kier alpha value is -3.14. The van der Waals surface area contributed by atoms with Gasteiger partial charge in [-0.3, -0.25) is 14.9 Å². The van der Waals surface area contributed by atoms with E-state index in [0.717, 1.165) is 11.8 Å². The van der Waals surface area contributed by atoms with E-state index in [0.29, 0.717) is 17.9 Å². The second kappa shape index (κ2) is 7.83. The van der Waals surface area contributed by atoms with Gasteiger partial charge < -0.3 is 14.2 Å². The molecule has 0 fully saturated rings. The van der Waals surface area contributed by atoms with Crippen LogP contribution < -0.4 is 5.32 Å². The fraction of sp³-hybridized carbons (Fsp3) is 0.188. The van der Waals surface area contributed by atoms with E-state index in [1.54, 1.807) is 25.1 Å². The van der Waals surface area contributed by atoms with Crippen LogP contribution in [0.25, 0.3) is 11.5 Å². The molecule has 0 saturated heterocycles. The topological polar surface area (TPSA) is 124 Å². The molecule has 0 aliphatic rings. The third-order valence-electron chi connectivity index (χ3n) is 3.37. The highest BCUT2D eigenvalue weighted by molar-refractivity contribution is 8.00. The van der Waals surface area contributed by atoms with Crippen LogP contribution in [0.1, 0.15) is 12.7 Å². The molecular weight excluding hydrogens is 360 g/mol. The largest absolute Gasteiger partial charge is 0.467 e. The van der Waals surface area contributed by atoms with Gasteiger partial charge in [-0.2, -0.15) is 0 Å². The summed E-state index contributed by atoms with van der Waals surface area (Å²) in [5.41, 5.74) is 0.369. The molecule has 0 aliphatic carbocycles. The average molecular weight is 374 g/mol. The van der Waals surface area contributed by atoms with E-state index in [1.165, 1.54) is 24.5 Å². The predicted octanol–water partition coefficient (Wildman–Crippen LogP) is 3.03. The number of amides is 1. The lowest BCUT2D eigenvalue weighted by atomic mass is 10.2. The van der Waals surface area contributed by atoms with Crippen molar-refractivity contribution in [2.45, 2.75) is 23.9 Å². The molecule has 1 N–H and O–H groups in total. The van der Waals surface area contributed by atoms with Gasteiger partial charge >= 0.3 is 0 Å². The molecule has 3 aromatic rings. The minimum atomic E-state index is -0.499. The number of nitrogens with zero attached hydrogens (tertiary/aromatic N) is 3. The SMILES string of the molecule is C[C@@H](Sc1nnc(-c2cccc([N+](=O)[O-])c2)o1)C(=O)NCc1ccco1. The number of thioether (sulfide) groups is 1. The molecule has 134 valence electrons. The zero-order valence-electron chi connectivity index (χ0n) is 13.6. The molecule has 2 heterocycles. The highest BCUT2D eigenvalue weighted by Gasteiger charge is 2.19. The average Bonchev–Trinajstić information content (AvgIpc) is 3.31. The van der Waals surface area contributed by atoms with Crippen molar-refractivity contribution in [3.05, 3.63) is 58.5 Å². The normalized spacial score (nSPS) is 11.9. The van der Waals surface area contributed by atoms with Crippen molar-refractivity contribution in [2.24, 2.45) is 0 Å². The van der Waals surface area contributed by atoms with Crippen molar-refractivity contribution in [2.75, 3.05) is 0 Å². The van der Waals surface area contributed by atoms with Gasteiger partial charge in [-0.15, -0.1) is 10.2 Å². The van der Waals surface area contributed by atoms with Crippen molar-refractivity contribution in [1.82, 2.24) is 15.5 Å². The van der Waals surface area contributed by atoms with Crippen LogP contribution in [0, 0.1) is 10.1 Å². The minimum absolute atomic E-state index is 0.0689. The summed E-state index contributed by atoms with van der Waals surface area (Å²) in [4.78, 5) is 22.4. The quantitative estimate of drug-likeness (QED) is 0.380. The van der Waals surface area contributed by atoms with E-state index in [2.05, 4.69) is 15.5 Å². The van der Waals surface area contributed by atoms with Crippen LogP contribution in [-0.4, -0.2) is 26.3 Å². The summed E-state index contributed by atoms with van der Waals surface area (Å²) >= 11 is 1.10. The fourth-order valence-electron chi connectivity index (χ4n) is 2.06. The summed E-state index contributed by atoms with van der Waals surface area (Å²) in [6.07, 6.45) is 1.54. The van der Waals surface area contributed by atoms with Crippen molar-refractivity contribution in [1.29, 1.82) is 0 Å². The van der Waals surface area contributed by atoms with Crippen LogP contribution in [0.5, 0.6) is 0 Å². The Kier molecular flexibility index (Phi) is 5.32. The van der Waals surface area contributed by atoms with Gasteiger partial charge in [-0.1, -0.05) is 17.8 Å². The third-order valence-corrected chi connectivity index (χ3v) is 4.31. The van der Waals surface area contributed by atoms with Crippen LogP contribution in [0.4, 0.5) is 5.69 Å². The Morgan fingerprint density at radius 1 is 1.35 bits per heavy atom. The van der Waals surface area contributed by atoms with Crippen molar-refractivity contribution >= 4 is 23.4 Å². The second-order valence-corrected chi connectivity index (χ2v) is 6.53. The molecule has 1 atom stereocenters. The van der Waals surface area contributed by atoms with E-state index in [-0.39, 0.29) is 22.7 Å². The molecule has 0 bridgehead atoms. The van der Waals surface area contributed by atoms with Crippen LogP contribution in [0.15, 0.2) is 56.7 Å². The molecule has 0 saturated carbocycles. The van der Waals surface area contributed by atoms with Gasteiger partial charge in [0.05, 0.1) is 23.0 Å². The number of rotatable bonds is 7. The summed E-state index contributed by atoms with van der Waals surface area (Å²) in [5.74, 6) is 0.599. The summed E-state index contributed by atoms with van der Waals surface area (Å²) in [6.45, 7) is 2.00. The molecule has 1 aromatic carbocycles. The summed E-state index contributed by atoms with van der Waals surface area (Å²) < 4.78 is 10.6. The van der Waals surface area contributed by atoms with E-state index in [9.17, 15) is 14.9 Å². The lowest BCUT2D eigenvalue weighted by Gasteiger charge is -2.08. The summed E-state index contributed by atoms with van der Waals surface area (Å²) in [7, 11) is 0. The number of hydrogen-bond acceptors (Lipinski definition) is 8. The van der Waals surface area contributed by atoms with Crippen molar-refractivity contribution in [3.8, 4) is 11.5 Å². The number of nitrogens with one attached hydrogen (secondary N) is 1. The number of non-ortho nitro benzene ring substituents is 1. The number of nitro groups is 1. The summed E-state index contributed by atoms with van der Waals surface area (Å²) in [5, 5.41) is 21.1. The van der Waals surface area contributed by atoms with Gasteiger partial charge in [0.15, 0.2) is 0 Å². The molecule has 0 unspecified atom stereocenters. The number of carbonyl (C=O) groups is 1. The number of furan rings is 1. The van der Waals surface area contributed by atoms with E-state index in [4.69, 9.17) is 8.83 Å². The van der Waals surface area contributed by atoms with Gasteiger partial charge in [0.2, 0.25) is 11.8 Å². The predicted molar refractivity (Wildman–Crippen MR) is 92.3 cm³/mol. The molecule has 0 radical (unpaired) electrons. The Morgan fingerprint density at radius 3 is 2.92 bits per heavy atom. The lowest BCUT2D eigenvalue weighted by Crippen LogP contribution is -2.30. The maximum Gasteiger partial charge on any atom is 0.277 e. The zero-order chi connectivity index (χ0) is 18.5. The fourth-order valence-corrected chi connectivity index (χ4v) is 2.77. The number of benzene rings is 1. The second-order valence-electron chi connectivity index (χ2n) is 5.24. The van der Waals surface area contributed by atoms with Gasteiger partial charge in [0.25, 0.3) is 10.9 Å². The molecule has 2 aromatic heterocycles. The van der Waals surface area contributed by atoms with Crippen LogP contribution in [-0.2, 0) is 11.3 Å². The Labute approximate surface area is 151 Å². The van der Waals surface area contributed by atoms with Crippen molar-refractivity contribution < 1.29 is 18.6 Å². The molecule has 3 rings (SSSR count). The number of nitro benzene ring substituents is 1. The number of carbonyl (C=O) groups excluding carboxylic acids is 1. The highest BCUT2D eigenvalue weighted by atomic mass is 32.2. The first-order valence-corrected chi connectivity index (χ1v) is 8.46. The molecule has 0 spiro atoms. The van der Waals surface area contributed by atoms with Crippen molar-refractivity contribution in [3.63, 3.8) is 0 Å². The Bertz CT molecular complexity index is 909. The zero-order valence-corrected chi connectivity index (χ0v) is 14.4. The molecule has 1 amide bonds. The van der Waals surface area contributed by atoms with E-state index >= 15 is 0 Å². The van der Waals surface area contributed by atoms with Crippen LogP contribution in [0.2, 0.25) is 0 Å². The summed E-state index contributed by atoms with van der Waals surface area (Å²) in [6, 6.07) is 9.40. The molecule has 0 aliphatic heterocycles. The third kappa shape index (κ3) is 4.28. The standard InChI is InChI=1S/C16H14N4O5S/c1-10(14(21)17-9-13-6-3-7-24-13)26-16-19-18-15(25-16)11-4-2-5-12(8-11)20(22)23/h2-8,10H,9H2,1H3,(H,17,21)/t10-/m1/s1. The van der Waals surface area contributed by atoms with Crippen LogP contribution in [0.3, 0.4) is 0 Å². The van der Waals surface area contributed by atoms with Gasteiger partial charge in [0.1, 0.15) is 5.76 Å². The maximum absolute atomic E-state index is 12.1. The molecule has 10 heteroatoms. The molecular formula is C16H14N4O5S. The van der Waals surface area contributed by atoms with E-state index in [1.807, 2.05) is 0 Å². The van der Waals surface area contributed by atoms with Gasteiger partial charge in [0, 0.05) is 17.7 Å². The first kappa shape index (κ1) is 17.7. The molecule has 9 nitrogen and oxygen atoms in total. The van der Waals surface area contributed by atoms with Crippen LogP contribution >= 0.6 is 11.8 Å². The number of hydrogen-bond donors (Lipinski definition) is 1.